The summed E-state index contributed by atoms with van der Waals surface area (Å²) in [6.45, 7) is 5.11. The molecule has 2 bridgehead atoms. The normalized spacial score (nSPS) is 35.5. The molecule has 172 valence electrons. The third-order valence-corrected chi connectivity index (χ3v) is 7.91. The third kappa shape index (κ3) is 3.82. The lowest BCUT2D eigenvalue weighted by molar-refractivity contribution is -0.177. The molecule has 7 atom stereocenters. The summed E-state index contributed by atoms with van der Waals surface area (Å²) in [7, 11) is 0. The molecule has 0 aromatic carbocycles. The fourth-order valence-electron chi connectivity index (χ4n) is 5.92. The molecule has 1 aliphatic heterocycles. The maximum Gasteiger partial charge on any atom is 0.344 e. The summed E-state index contributed by atoms with van der Waals surface area (Å²) in [4.78, 5) is 49.9. The van der Waals surface area contributed by atoms with Crippen LogP contribution in [0.5, 0.6) is 0 Å². The molecule has 7 unspecified atom stereocenters. The Balaban J connectivity index is 1.43. The molecule has 0 N–H and O–H groups in total. The summed E-state index contributed by atoms with van der Waals surface area (Å²) in [6.07, 6.45) is 4.45. The lowest BCUT2D eigenvalue weighted by Gasteiger charge is -2.34. The molecule has 3 saturated carbocycles. The minimum Gasteiger partial charge on any atom is -0.459 e. The van der Waals surface area contributed by atoms with E-state index in [0.717, 1.165) is 32.1 Å². The molecular formula is C23H32O8. The van der Waals surface area contributed by atoms with Gasteiger partial charge in [0.1, 0.15) is 17.8 Å². The molecule has 0 spiro atoms. The maximum atomic E-state index is 13.2. The summed E-state index contributed by atoms with van der Waals surface area (Å²) >= 11 is 0. The van der Waals surface area contributed by atoms with E-state index in [2.05, 4.69) is 0 Å². The number of hydrogen-bond acceptors (Lipinski definition) is 8. The van der Waals surface area contributed by atoms with Gasteiger partial charge in [0.2, 0.25) is 0 Å². The first kappa shape index (κ1) is 22.1. The third-order valence-electron chi connectivity index (χ3n) is 7.91. The van der Waals surface area contributed by atoms with Gasteiger partial charge in [0.05, 0.1) is 17.8 Å². The smallest absolute Gasteiger partial charge is 0.344 e. The zero-order valence-electron chi connectivity index (χ0n) is 18.5. The van der Waals surface area contributed by atoms with Crippen LogP contribution in [0.3, 0.4) is 0 Å². The van der Waals surface area contributed by atoms with Gasteiger partial charge in [-0.25, -0.2) is 4.79 Å². The first-order valence-electron chi connectivity index (χ1n) is 11.6. The largest absolute Gasteiger partial charge is 0.459 e. The Morgan fingerprint density at radius 3 is 2.52 bits per heavy atom. The van der Waals surface area contributed by atoms with Crippen molar-refractivity contribution in [2.45, 2.75) is 83.5 Å². The molecule has 4 aliphatic rings. The highest BCUT2D eigenvalue weighted by Crippen LogP contribution is 2.59. The second-order valence-corrected chi connectivity index (χ2v) is 9.55. The van der Waals surface area contributed by atoms with Crippen molar-refractivity contribution >= 4 is 23.9 Å². The topological polar surface area (TPSA) is 105 Å². The van der Waals surface area contributed by atoms with E-state index >= 15 is 0 Å². The van der Waals surface area contributed by atoms with Gasteiger partial charge in [0, 0.05) is 11.8 Å². The predicted molar refractivity (Wildman–Crippen MR) is 106 cm³/mol. The lowest BCUT2D eigenvalue weighted by atomic mass is 9.78. The fraction of sp³-hybridized carbons (Fsp3) is 0.826. The second kappa shape index (κ2) is 8.43. The van der Waals surface area contributed by atoms with Crippen molar-refractivity contribution in [3.8, 4) is 0 Å². The Kier molecular flexibility index (Phi) is 6.01. The average molecular weight is 437 g/mol. The molecule has 1 saturated heterocycles. The van der Waals surface area contributed by atoms with Crippen molar-refractivity contribution in [1.29, 1.82) is 0 Å². The molecule has 0 amide bonds. The minimum atomic E-state index is -0.707. The van der Waals surface area contributed by atoms with Gasteiger partial charge in [-0.2, -0.15) is 0 Å². The summed E-state index contributed by atoms with van der Waals surface area (Å²) in [5, 5.41) is 0. The van der Waals surface area contributed by atoms with Crippen LogP contribution in [-0.4, -0.2) is 48.3 Å². The first-order valence-corrected chi connectivity index (χ1v) is 11.6. The Morgan fingerprint density at radius 2 is 1.87 bits per heavy atom. The van der Waals surface area contributed by atoms with Gasteiger partial charge in [-0.05, 0) is 44.9 Å². The zero-order valence-corrected chi connectivity index (χ0v) is 18.5. The maximum absolute atomic E-state index is 13.2. The van der Waals surface area contributed by atoms with E-state index in [4.69, 9.17) is 18.9 Å². The predicted octanol–water partition coefficient (Wildman–Crippen LogP) is 2.56. The summed E-state index contributed by atoms with van der Waals surface area (Å²) in [5.74, 6) is -3.85. The van der Waals surface area contributed by atoms with Crippen molar-refractivity contribution in [2.75, 3.05) is 6.61 Å². The van der Waals surface area contributed by atoms with Crippen molar-refractivity contribution < 1.29 is 38.1 Å². The fourth-order valence-corrected chi connectivity index (χ4v) is 5.92. The summed E-state index contributed by atoms with van der Waals surface area (Å²) in [5.41, 5.74) is -0.447. The van der Waals surface area contributed by atoms with Crippen LogP contribution in [0.1, 0.15) is 65.7 Å². The van der Waals surface area contributed by atoms with E-state index < -0.39 is 54.2 Å². The van der Waals surface area contributed by atoms with Gasteiger partial charge in [-0.3, -0.25) is 14.4 Å². The van der Waals surface area contributed by atoms with Crippen molar-refractivity contribution in [2.24, 2.45) is 29.6 Å². The van der Waals surface area contributed by atoms with Crippen LogP contribution in [-0.2, 0) is 38.1 Å². The Bertz CT molecular complexity index is 755. The second-order valence-electron chi connectivity index (χ2n) is 9.55. The SMILES string of the molecule is CCC(C)C(=O)OCC(=O)OC1C2CC3C1OC(=O)C3C2C(=O)OC1(CC)CCCC1. The minimum absolute atomic E-state index is 0.142. The molecule has 0 aromatic heterocycles. The highest BCUT2D eigenvalue weighted by Gasteiger charge is 2.70. The van der Waals surface area contributed by atoms with E-state index in [1.807, 2.05) is 13.8 Å². The number of fused-ring (bicyclic) bond motifs is 1. The molecule has 4 rings (SSSR count). The molecule has 8 nitrogen and oxygen atoms in total. The Morgan fingerprint density at radius 1 is 1.16 bits per heavy atom. The molecule has 8 heteroatoms. The number of hydrogen-bond donors (Lipinski definition) is 0. The van der Waals surface area contributed by atoms with Crippen LogP contribution in [0.25, 0.3) is 0 Å². The van der Waals surface area contributed by atoms with Gasteiger partial charge in [-0.1, -0.05) is 20.8 Å². The van der Waals surface area contributed by atoms with E-state index in [-0.39, 0.29) is 23.7 Å². The van der Waals surface area contributed by atoms with Crippen LogP contribution in [0, 0.1) is 29.6 Å². The zero-order chi connectivity index (χ0) is 22.3. The van der Waals surface area contributed by atoms with Crippen molar-refractivity contribution in [3.63, 3.8) is 0 Å². The molecular weight excluding hydrogens is 404 g/mol. The molecule has 31 heavy (non-hydrogen) atoms. The Labute approximate surface area is 182 Å². The van der Waals surface area contributed by atoms with E-state index in [9.17, 15) is 19.2 Å². The number of esters is 4. The quantitative estimate of drug-likeness (QED) is 0.422. The van der Waals surface area contributed by atoms with E-state index in [0.29, 0.717) is 12.8 Å². The van der Waals surface area contributed by atoms with Gasteiger partial charge in [0.25, 0.3) is 0 Å². The van der Waals surface area contributed by atoms with Crippen LogP contribution in [0.15, 0.2) is 0 Å². The van der Waals surface area contributed by atoms with Gasteiger partial charge >= 0.3 is 23.9 Å². The van der Waals surface area contributed by atoms with Gasteiger partial charge in [0.15, 0.2) is 6.61 Å². The number of rotatable bonds is 8. The highest BCUT2D eigenvalue weighted by molar-refractivity contribution is 5.86. The highest BCUT2D eigenvalue weighted by atomic mass is 16.6. The monoisotopic (exact) mass is 436 g/mol. The molecule has 4 fully saturated rings. The molecule has 3 aliphatic carbocycles. The molecule has 0 radical (unpaired) electrons. The van der Waals surface area contributed by atoms with Gasteiger partial charge in [-0.15, -0.1) is 0 Å². The number of carbonyl (C=O) groups is 4. The van der Waals surface area contributed by atoms with Gasteiger partial charge < -0.3 is 18.9 Å². The lowest BCUT2D eigenvalue weighted by Crippen LogP contribution is -2.46. The van der Waals surface area contributed by atoms with Crippen molar-refractivity contribution in [3.05, 3.63) is 0 Å². The molecule has 0 aromatic rings. The van der Waals surface area contributed by atoms with Crippen molar-refractivity contribution in [1.82, 2.24) is 0 Å². The summed E-state index contributed by atoms with van der Waals surface area (Å²) in [6, 6.07) is 0. The standard InChI is InChI=1S/C23H32O8/c1-4-12(3)20(25)28-11-15(24)29-18-14-10-13-16(21(26)30-19(13)18)17(14)22(27)31-23(5-2)8-6-7-9-23/h12-14,16-19H,4-11H2,1-3H3. The van der Waals surface area contributed by atoms with Crippen LogP contribution in [0.4, 0.5) is 0 Å². The van der Waals surface area contributed by atoms with Crippen LogP contribution < -0.4 is 0 Å². The van der Waals surface area contributed by atoms with Crippen LogP contribution in [0.2, 0.25) is 0 Å². The number of carbonyl (C=O) groups excluding carboxylic acids is 4. The Hall–Kier alpha value is -2.12. The van der Waals surface area contributed by atoms with E-state index in [1.165, 1.54) is 0 Å². The average Bonchev–Trinajstić information content (AvgIpc) is 3.49. The number of ether oxygens (including phenoxy) is 4. The molecule has 1 heterocycles. The van der Waals surface area contributed by atoms with E-state index in [1.54, 1.807) is 6.92 Å². The first-order chi connectivity index (χ1) is 14.8. The van der Waals surface area contributed by atoms with Crippen LogP contribution >= 0.6 is 0 Å². The summed E-state index contributed by atoms with van der Waals surface area (Å²) < 4.78 is 22.1.